The predicted molar refractivity (Wildman–Crippen MR) is 62.4 cm³/mol. The molecule has 0 unspecified atom stereocenters. The number of carbonyl (C=O) groups is 1. The third kappa shape index (κ3) is 2.73. The van der Waals surface area contributed by atoms with Crippen molar-refractivity contribution in [2.45, 2.75) is 10.1 Å². The number of rotatable bonds is 3. The standard InChI is InChI=1S/C11H8N2O3S/c14-9-5-6-12-11(13-9)17-8-4-2-1-3-7(8)10(15)16/h1-6H,(H,15,16)(H,12,13,14). The summed E-state index contributed by atoms with van der Waals surface area (Å²) >= 11 is 1.11. The zero-order valence-electron chi connectivity index (χ0n) is 8.58. The molecule has 2 aromatic rings. The topological polar surface area (TPSA) is 83.0 Å². The van der Waals surface area contributed by atoms with E-state index in [0.717, 1.165) is 11.8 Å². The number of benzene rings is 1. The summed E-state index contributed by atoms with van der Waals surface area (Å²) in [7, 11) is 0. The van der Waals surface area contributed by atoms with E-state index >= 15 is 0 Å². The van der Waals surface area contributed by atoms with E-state index in [4.69, 9.17) is 5.11 Å². The van der Waals surface area contributed by atoms with Gasteiger partial charge in [0.2, 0.25) is 0 Å². The molecule has 0 atom stereocenters. The molecule has 0 spiro atoms. The van der Waals surface area contributed by atoms with Crippen LogP contribution in [0.5, 0.6) is 0 Å². The van der Waals surface area contributed by atoms with Gasteiger partial charge in [-0.1, -0.05) is 23.9 Å². The summed E-state index contributed by atoms with van der Waals surface area (Å²) < 4.78 is 0. The van der Waals surface area contributed by atoms with Crippen molar-refractivity contribution in [2.75, 3.05) is 0 Å². The molecule has 0 radical (unpaired) electrons. The smallest absolute Gasteiger partial charge is 0.336 e. The van der Waals surface area contributed by atoms with E-state index in [1.807, 2.05) is 0 Å². The summed E-state index contributed by atoms with van der Waals surface area (Å²) in [6.07, 6.45) is 1.38. The number of aromatic carboxylic acids is 1. The van der Waals surface area contributed by atoms with E-state index in [0.29, 0.717) is 10.1 Å². The third-order valence-corrected chi connectivity index (χ3v) is 2.95. The van der Waals surface area contributed by atoms with E-state index in [2.05, 4.69) is 9.97 Å². The summed E-state index contributed by atoms with van der Waals surface area (Å²) in [5.41, 5.74) is -0.0840. The lowest BCUT2D eigenvalue weighted by molar-refractivity contribution is 0.0693. The summed E-state index contributed by atoms with van der Waals surface area (Å²) in [5.74, 6) is -1.01. The van der Waals surface area contributed by atoms with Gasteiger partial charge in [0.25, 0.3) is 5.56 Å². The van der Waals surface area contributed by atoms with E-state index in [9.17, 15) is 9.59 Å². The van der Waals surface area contributed by atoms with Crippen molar-refractivity contribution < 1.29 is 9.90 Å². The first-order chi connectivity index (χ1) is 8.16. The molecule has 1 aromatic carbocycles. The van der Waals surface area contributed by atoms with Gasteiger partial charge in [-0.05, 0) is 12.1 Å². The first-order valence-corrected chi connectivity index (χ1v) is 5.54. The molecule has 0 aliphatic heterocycles. The highest BCUT2D eigenvalue weighted by atomic mass is 32.2. The molecule has 0 bridgehead atoms. The van der Waals surface area contributed by atoms with Crippen LogP contribution < -0.4 is 5.56 Å². The highest BCUT2D eigenvalue weighted by molar-refractivity contribution is 7.99. The Labute approximate surface area is 101 Å². The Morgan fingerprint density at radius 2 is 2.06 bits per heavy atom. The van der Waals surface area contributed by atoms with E-state index < -0.39 is 5.97 Å². The Hall–Kier alpha value is -2.08. The van der Waals surface area contributed by atoms with Gasteiger partial charge in [-0.2, -0.15) is 0 Å². The Kier molecular flexibility index (Phi) is 3.24. The molecule has 5 nitrogen and oxygen atoms in total. The van der Waals surface area contributed by atoms with Crippen molar-refractivity contribution >= 4 is 17.7 Å². The van der Waals surface area contributed by atoms with Crippen LogP contribution in [0.2, 0.25) is 0 Å². The predicted octanol–water partition coefficient (Wildman–Crippen LogP) is 1.62. The van der Waals surface area contributed by atoms with Crippen LogP contribution in [0.25, 0.3) is 0 Å². The van der Waals surface area contributed by atoms with Gasteiger partial charge in [0.1, 0.15) is 0 Å². The van der Waals surface area contributed by atoms with Gasteiger partial charge in [-0.15, -0.1) is 0 Å². The molecule has 1 heterocycles. The van der Waals surface area contributed by atoms with E-state index in [-0.39, 0.29) is 11.1 Å². The molecular weight excluding hydrogens is 240 g/mol. The molecule has 0 aliphatic rings. The van der Waals surface area contributed by atoms with Crippen molar-refractivity contribution in [3.05, 3.63) is 52.4 Å². The largest absolute Gasteiger partial charge is 0.478 e. The Morgan fingerprint density at radius 3 is 2.76 bits per heavy atom. The first-order valence-electron chi connectivity index (χ1n) is 4.72. The molecule has 0 fully saturated rings. The normalized spacial score (nSPS) is 10.1. The second-order valence-corrected chi connectivity index (χ2v) is 4.17. The summed E-state index contributed by atoms with van der Waals surface area (Å²) in [6, 6.07) is 7.85. The minimum atomic E-state index is -1.01. The van der Waals surface area contributed by atoms with E-state index in [1.165, 1.54) is 18.3 Å². The fourth-order valence-corrected chi connectivity index (χ4v) is 2.13. The minimum Gasteiger partial charge on any atom is -0.478 e. The Balaban J connectivity index is 2.36. The van der Waals surface area contributed by atoms with Crippen LogP contribution in [0.4, 0.5) is 0 Å². The molecule has 1 aromatic heterocycles. The third-order valence-electron chi connectivity index (χ3n) is 1.97. The number of hydrogen-bond donors (Lipinski definition) is 2. The number of hydrogen-bond acceptors (Lipinski definition) is 4. The molecular formula is C11H8N2O3S. The minimum absolute atomic E-state index is 0.184. The van der Waals surface area contributed by atoms with Gasteiger partial charge < -0.3 is 10.1 Å². The lowest BCUT2D eigenvalue weighted by Gasteiger charge is -2.03. The van der Waals surface area contributed by atoms with Crippen LogP contribution in [-0.2, 0) is 0 Å². The SMILES string of the molecule is O=C(O)c1ccccc1Sc1nccc(=O)[nH]1. The number of H-pyrrole nitrogens is 1. The molecule has 0 saturated heterocycles. The lowest BCUT2D eigenvalue weighted by Crippen LogP contribution is -2.05. The molecule has 0 saturated carbocycles. The van der Waals surface area contributed by atoms with Crippen LogP contribution in [0.3, 0.4) is 0 Å². The number of nitrogens with one attached hydrogen (secondary N) is 1. The molecule has 6 heteroatoms. The van der Waals surface area contributed by atoms with Crippen molar-refractivity contribution in [2.24, 2.45) is 0 Å². The zero-order valence-corrected chi connectivity index (χ0v) is 9.40. The summed E-state index contributed by atoms with van der Waals surface area (Å²) in [4.78, 5) is 29.1. The highest BCUT2D eigenvalue weighted by Gasteiger charge is 2.10. The average Bonchev–Trinajstić information content (AvgIpc) is 2.29. The number of carboxylic acid groups (broad SMARTS) is 1. The quantitative estimate of drug-likeness (QED) is 0.806. The van der Waals surface area contributed by atoms with Crippen LogP contribution in [-0.4, -0.2) is 21.0 Å². The van der Waals surface area contributed by atoms with E-state index in [1.54, 1.807) is 18.2 Å². The van der Waals surface area contributed by atoms with Gasteiger partial charge in [0.05, 0.1) is 5.56 Å². The average molecular weight is 248 g/mol. The highest BCUT2D eigenvalue weighted by Crippen LogP contribution is 2.26. The van der Waals surface area contributed by atoms with Crippen molar-refractivity contribution in [3.63, 3.8) is 0 Å². The van der Waals surface area contributed by atoms with Crippen LogP contribution >= 0.6 is 11.8 Å². The van der Waals surface area contributed by atoms with Crippen LogP contribution in [0.15, 0.2) is 51.4 Å². The Morgan fingerprint density at radius 1 is 1.29 bits per heavy atom. The summed E-state index contributed by atoms with van der Waals surface area (Å²) in [5, 5.41) is 9.36. The van der Waals surface area contributed by atoms with Crippen LogP contribution in [0.1, 0.15) is 10.4 Å². The van der Waals surface area contributed by atoms with Crippen LogP contribution in [0, 0.1) is 0 Å². The monoisotopic (exact) mass is 248 g/mol. The van der Waals surface area contributed by atoms with Gasteiger partial charge in [0, 0.05) is 17.2 Å². The number of nitrogens with zero attached hydrogens (tertiary/aromatic N) is 1. The van der Waals surface area contributed by atoms with Gasteiger partial charge in [-0.3, -0.25) is 4.79 Å². The number of aromatic nitrogens is 2. The number of aromatic amines is 1. The maximum Gasteiger partial charge on any atom is 0.336 e. The fourth-order valence-electron chi connectivity index (χ4n) is 1.24. The van der Waals surface area contributed by atoms with Gasteiger partial charge in [-0.25, -0.2) is 9.78 Å². The van der Waals surface area contributed by atoms with Crippen molar-refractivity contribution in [1.82, 2.24) is 9.97 Å². The first kappa shape index (κ1) is 11.4. The molecule has 0 amide bonds. The molecule has 0 aliphatic carbocycles. The molecule has 17 heavy (non-hydrogen) atoms. The maximum absolute atomic E-state index is 11.1. The number of carboxylic acids is 1. The van der Waals surface area contributed by atoms with Crippen molar-refractivity contribution in [1.29, 1.82) is 0 Å². The Bertz CT molecular complexity index is 609. The van der Waals surface area contributed by atoms with Crippen molar-refractivity contribution in [3.8, 4) is 0 Å². The molecule has 2 N–H and O–H groups in total. The molecule has 86 valence electrons. The second-order valence-electron chi connectivity index (χ2n) is 3.14. The maximum atomic E-state index is 11.1. The second kappa shape index (κ2) is 4.84. The molecule has 2 rings (SSSR count). The zero-order chi connectivity index (χ0) is 12.3. The van der Waals surface area contributed by atoms with Gasteiger partial charge in [0.15, 0.2) is 5.16 Å². The lowest BCUT2D eigenvalue weighted by atomic mass is 10.2. The fraction of sp³-hybridized carbons (Fsp3) is 0. The summed E-state index contributed by atoms with van der Waals surface area (Å²) in [6.45, 7) is 0. The van der Waals surface area contributed by atoms with Gasteiger partial charge >= 0.3 is 5.97 Å².